The predicted octanol–water partition coefficient (Wildman–Crippen LogP) is 2.80. The number of amides is 2. The van der Waals surface area contributed by atoms with Crippen LogP contribution in [0.15, 0.2) is 63.8 Å². The van der Waals surface area contributed by atoms with Gasteiger partial charge in [0.2, 0.25) is 5.91 Å². The lowest BCUT2D eigenvalue weighted by Gasteiger charge is -2.31. The van der Waals surface area contributed by atoms with Crippen LogP contribution in [-0.2, 0) is 4.79 Å². The Kier molecular flexibility index (Phi) is 4.69. The second-order valence-corrected chi connectivity index (χ2v) is 7.06. The number of nitrogens with two attached hydrogens (primary N) is 1. The zero-order valence-electron chi connectivity index (χ0n) is 15.3. The molecular formula is C22H20N2O4. The van der Waals surface area contributed by atoms with Gasteiger partial charge < -0.3 is 15.1 Å². The van der Waals surface area contributed by atoms with Gasteiger partial charge in [0.1, 0.15) is 5.58 Å². The van der Waals surface area contributed by atoms with E-state index >= 15 is 0 Å². The summed E-state index contributed by atoms with van der Waals surface area (Å²) < 4.78 is 5.40. The minimum absolute atomic E-state index is 0.169. The summed E-state index contributed by atoms with van der Waals surface area (Å²) >= 11 is 0. The number of carbonyl (C=O) groups excluding carboxylic acids is 2. The average Bonchev–Trinajstić information content (AvgIpc) is 2.73. The summed E-state index contributed by atoms with van der Waals surface area (Å²) in [6, 6.07) is 16.0. The smallest absolute Gasteiger partial charge is 0.344 e. The molecule has 1 unspecified atom stereocenters. The Morgan fingerprint density at radius 1 is 1.07 bits per heavy atom. The van der Waals surface area contributed by atoms with Crippen molar-refractivity contribution in [3.8, 4) is 11.1 Å². The molecule has 2 amide bonds. The molecule has 142 valence electrons. The summed E-state index contributed by atoms with van der Waals surface area (Å²) in [7, 11) is 0. The number of nitrogens with zero attached hydrogens (tertiary/aromatic N) is 1. The van der Waals surface area contributed by atoms with Gasteiger partial charge in [-0.15, -0.1) is 0 Å². The fourth-order valence-corrected chi connectivity index (χ4v) is 3.66. The van der Waals surface area contributed by atoms with Crippen molar-refractivity contribution in [2.45, 2.75) is 12.8 Å². The number of hydrogen-bond donors (Lipinski definition) is 1. The van der Waals surface area contributed by atoms with E-state index in [2.05, 4.69) is 0 Å². The predicted molar refractivity (Wildman–Crippen MR) is 106 cm³/mol. The SMILES string of the molecule is NC(=O)C1CCCN(C(=O)c2cccc(-c3cc4ccccc4oc3=O)c2)C1. The topological polar surface area (TPSA) is 93.6 Å². The first-order chi connectivity index (χ1) is 13.5. The molecule has 3 aromatic rings. The van der Waals surface area contributed by atoms with E-state index < -0.39 is 5.63 Å². The molecule has 0 radical (unpaired) electrons. The van der Waals surface area contributed by atoms with Gasteiger partial charge in [-0.2, -0.15) is 0 Å². The van der Waals surface area contributed by atoms with Gasteiger partial charge in [-0.05, 0) is 42.7 Å². The van der Waals surface area contributed by atoms with Crippen LogP contribution >= 0.6 is 0 Å². The summed E-state index contributed by atoms with van der Waals surface area (Å²) in [5.74, 6) is -0.855. The molecule has 4 rings (SSSR count). The average molecular weight is 376 g/mol. The van der Waals surface area contributed by atoms with Gasteiger partial charge in [0.25, 0.3) is 5.91 Å². The molecule has 2 N–H and O–H groups in total. The molecule has 6 nitrogen and oxygen atoms in total. The molecule has 0 bridgehead atoms. The van der Waals surface area contributed by atoms with Gasteiger partial charge in [0.15, 0.2) is 0 Å². The minimum Gasteiger partial charge on any atom is -0.422 e. The lowest BCUT2D eigenvalue weighted by molar-refractivity contribution is -0.123. The second-order valence-electron chi connectivity index (χ2n) is 7.06. The Morgan fingerprint density at radius 2 is 1.89 bits per heavy atom. The highest BCUT2D eigenvalue weighted by Gasteiger charge is 2.27. The first-order valence-corrected chi connectivity index (χ1v) is 9.25. The maximum atomic E-state index is 12.9. The van der Waals surface area contributed by atoms with Crippen LogP contribution in [-0.4, -0.2) is 29.8 Å². The molecule has 6 heteroatoms. The first kappa shape index (κ1) is 18.0. The number of carbonyl (C=O) groups is 2. The Bertz CT molecular complexity index is 1120. The summed E-state index contributed by atoms with van der Waals surface area (Å²) in [5.41, 5.74) is 6.97. The van der Waals surface area contributed by atoms with Crippen LogP contribution in [0.25, 0.3) is 22.1 Å². The molecule has 1 aromatic heterocycles. The molecule has 1 aliphatic rings. The van der Waals surface area contributed by atoms with E-state index in [0.717, 1.165) is 11.8 Å². The zero-order chi connectivity index (χ0) is 19.7. The van der Waals surface area contributed by atoms with Crippen LogP contribution in [0.1, 0.15) is 23.2 Å². The lowest BCUT2D eigenvalue weighted by atomic mass is 9.96. The largest absolute Gasteiger partial charge is 0.422 e. The zero-order valence-corrected chi connectivity index (χ0v) is 15.3. The van der Waals surface area contributed by atoms with E-state index in [1.165, 1.54) is 0 Å². The fraction of sp³-hybridized carbons (Fsp3) is 0.227. The highest BCUT2D eigenvalue weighted by molar-refractivity contribution is 5.96. The van der Waals surface area contributed by atoms with E-state index in [0.29, 0.717) is 41.8 Å². The molecule has 2 aromatic carbocycles. The standard InChI is InChI=1S/C22H20N2O4/c23-20(25)17-8-4-10-24(13-17)21(26)16-7-3-6-14(11-16)18-12-15-5-1-2-9-19(15)28-22(18)27/h1-3,5-7,9,11-12,17H,4,8,10,13H2,(H2,23,25). The van der Waals surface area contributed by atoms with Crippen molar-refractivity contribution >= 4 is 22.8 Å². The molecule has 0 spiro atoms. The van der Waals surface area contributed by atoms with E-state index in [1.807, 2.05) is 18.2 Å². The summed E-state index contributed by atoms with van der Waals surface area (Å²) in [5, 5.41) is 0.814. The number of likely N-dealkylation sites (tertiary alicyclic amines) is 1. The van der Waals surface area contributed by atoms with E-state index in [-0.39, 0.29) is 17.7 Å². The van der Waals surface area contributed by atoms with Crippen LogP contribution in [0.5, 0.6) is 0 Å². The number of hydrogen-bond acceptors (Lipinski definition) is 4. The van der Waals surface area contributed by atoms with Crippen LogP contribution in [0, 0.1) is 5.92 Å². The van der Waals surface area contributed by atoms with Gasteiger partial charge in [-0.25, -0.2) is 4.79 Å². The Morgan fingerprint density at radius 3 is 2.71 bits per heavy atom. The van der Waals surface area contributed by atoms with Crippen molar-refractivity contribution in [2.75, 3.05) is 13.1 Å². The molecule has 0 aliphatic carbocycles. The maximum absolute atomic E-state index is 12.9. The number of benzene rings is 2. The van der Waals surface area contributed by atoms with Crippen molar-refractivity contribution in [3.63, 3.8) is 0 Å². The molecule has 0 saturated carbocycles. The van der Waals surface area contributed by atoms with Gasteiger partial charge >= 0.3 is 5.63 Å². The first-order valence-electron chi connectivity index (χ1n) is 9.25. The third kappa shape index (κ3) is 3.41. The lowest BCUT2D eigenvalue weighted by Crippen LogP contribution is -2.44. The number of primary amides is 1. The number of para-hydroxylation sites is 1. The van der Waals surface area contributed by atoms with Crippen LogP contribution in [0.4, 0.5) is 0 Å². The van der Waals surface area contributed by atoms with Gasteiger partial charge in [-0.1, -0.05) is 30.3 Å². The monoisotopic (exact) mass is 376 g/mol. The summed E-state index contributed by atoms with van der Waals surface area (Å²) in [6.45, 7) is 0.918. The molecule has 28 heavy (non-hydrogen) atoms. The third-order valence-electron chi connectivity index (χ3n) is 5.17. The van der Waals surface area contributed by atoms with Gasteiger partial charge in [-0.3, -0.25) is 9.59 Å². The van der Waals surface area contributed by atoms with Gasteiger partial charge in [0.05, 0.1) is 11.5 Å². The highest BCUT2D eigenvalue weighted by Crippen LogP contribution is 2.24. The summed E-state index contributed by atoms with van der Waals surface area (Å²) in [6.07, 6.45) is 1.45. The van der Waals surface area contributed by atoms with Crippen LogP contribution in [0.2, 0.25) is 0 Å². The third-order valence-corrected chi connectivity index (χ3v) is 5.17. The highest BCUT2D eigenvalue weighted by atomic mass is 16.4. The van der Waals surface area contributed by atoms with Crippen LogP contribution < -0.4 is 11.4 Å². The fourth-order valence-electron chi connectivity index (χ4n) is 3.66. The molecule has 1 atom stereocenters. The van der Waals surface area contributed by atoms with E-state index in [4.69, 9.17) is 10.2 Å². The molecule has 1 saturated heterocycles. The number of piperidine rings is 1. The number of rotatable bonds is 3. The van der Waals surface area contributed by atoms with Crippen LogP contribution in [0.3, 0.4) is 0 Å². The second kappa shape index (κ2) is 7.31. The van der Waals surface area contributed by atoms with Crippen molar-refractivity contribution in [3.05, 3.63) is 70.6 Å². The quantitative estimate of drug-likeness (QED) is 0.711. The Hall–Kier alpha value is -3.41. The van der Waals surface area contributed by atoms with Gasteiger partial charge in [0, 0.05) is 24.0 Å². The Labute approximate surface area is 161 Å². The van der Waals surface area contributed by atoms with Crippen molar-refractivity contribution in [1.29, 1.82) is 0 Å². The summed E-state index contributed by atoms with van der Waals surface area (Å²) in [4.78, 5) is 38.5. The molecule has 1 aliphatic heterocycles. The Balaban J connectivity index is 1.67. The van der Waals surface area contributed by atoms with Crippen molar-refractivity contribution < 1.29 is 14.0 Å². The maximum Gasteiger partial charge on any atom is 0.344 e. The molecular weight excluding hydrogens is 356 g/mol. The van der Waals surface area contributed by atoms with Crippen molar-refractivity contribution in [2.24, 2.45) is 11.7 Å². The van der Waals surface area contributed by atoms with E-state index in [9.17, 15) is 14.4 Å². The normalized spacial score (nSPS) is 16.9. The molecule has 2 heterocycles. The van der Waals surface area contributed by atoms with E-state index in [1.54, 1.807) is 41.3 Å². The van der Waals surface area contributed by atoms with Crippen molar-refractivity contribution in [1.82, 2.24) is 4.90 Å². The minimum atomic E-state index is -0.449. The number of fused-ring (bicyclic) bond motifs is 1. The molecule has 1 fully saturated rings.